The summed E-state index contributed by atoms with van der Waals surface area (Å²) in [6.45, 7) is 0.109. The summed E-state index contributed by atoms with van der Waals surface area (Å²) >= 11 is 0. The van der Waals surface area contributed by atoms with Gasteiger partial charge < -0.3 is 0 Å². The van der Waals surface area contributed by atoms with E-state index in [2.05, 4.69) is 0 Å². The topological polar surface area (TPSA) is 74.7 Å². The first-order valence-corrected chi connectivity index (χ1v) is 3.69. The Balaban J connectivity index is 0.000000810. The Bertz CT molecular complexity index is 235. The van der Waals surface area contributed by atoms with E-state index in [1.807, 2.05) is 0 Å². The molecule has 0 unspecified atom stereocenters. The quantitative estimate of drug-likeness (QED) is 0.302. The van der Waals surface area contributed by atoms with Crippen LogP contribution >= 0.6 is 0 Å². The third kappa shape index (κ3) is 1.93. The summed E-state index contributed by atoms with van der Waals surface area (Å²) in [5.41, 5.74) is 0. The number of hydrogen-bond acceptors (Lipinski definition) is 3. The second kappa shape index (κ2) is 3.19. The van der Waals surface area contributed by atoms with E-state index in [-0.39, 0.29) is 42.5 Å². The molecule has 1 saturated heterocycles. The molecular weight excluding hydrogens is 169 g/mol. The van der Waals surface area contributed by atoms with Gasteiger partial charge in [0, 0.05) is 42.5 Å². The molecule has 1 aliphatic rings. The maximum atomic E-state index is 10.3. The van der Waals surface area contributed by atoms with Gasteiger partial charge in [0.2, 0.25) is 5.91 Å². The van der Waals surface area contributed by atoms with Crippen molar-refractivity contribution in [2.45, 2.75) is 6.42 Å². The standard InChI is InChI=1S/C3H5NO4S.Na/c5-3-1-2-4(3)9(6,7)8;/h1-2H2,(H,6,7,8);. The smallest absolute Gasteiger partial charge is 0.274 e. The average molecular weight is 174 g/mol. The van der Waals surface area contributed by atoms with Crippen LogP contribution in [0, 0.1) is 0 Å². The molecule has 1 aliphatic heterocycles. The zero-order valence-electron chi connectivity index (χ0n) is 5.44. The summed E-state index contributed by atoms with van der Waals surface area (Å²) in [7, 11) is -4.23. The normalized spacial score (nSPS) is 17.7. The second-order valence-electron chi connectivity index (χ2n) is 1.69. The molecule has 53 valence electrons. The first kappa shape index (κ1) is 10.4. The molecule has 0 aromatic rings. The SMILES string of the molecule is O=C1CCN1S(=O)(=O)O.[Na]. The third-order valence-electron chi connectivity index (χ3n) is 1.09. The van der Waals surface area contributed by atoms with E-state index >= 15 is 0 Å². The van der Waals surface area contributed by atoms with Gasteiger partial charge in [-0.25, -0.2) is 4.31 Å². The van der Waals surface area contributed by atoms with Crippen LogP contribution in [0.1, 0.15) is 6.42 Å². The first-order valence-electron chi connectivity index (χ1n) is 2.30. The summed E-state index contributed by atoms with van der Waals surface area (Å²) in [6, 6.07) is 0. The Labute approximate surface area is 80.6 Å². The van der Waals surface area contributed by atoms with Crippen molar-refractivity contribution >= 4 is 45.8 Å². The minimum atomic E-state index is -4.23. The van der Waals surface area contributed by atoms with Crippen LogP contribution in [0.15, 0.2) is 0 Å². The molecule has 0 spiro atoms. The maximum Gasteiger partial charge on any atom is 0.362 e. The minimum Gasteiger partial charge on any atom is -0.274 e. The Kier molecular flexibility index (Phi) is 3.31. The Morgan fingerprint density at radius 1 is 1.50 bits per heavy atom. The van der Waals surface area contributed by atoms with Gasteiger partial charge in [-0.15, -0.1) is 0 Å². The Hall–Kier alpha value is 0.380. The first-order chi connectivity index (χ1) is 4.02. The van der Waals surface area contributed by atoms with Crippen LogP contribution in [0.3, 0.4) is 0 Å². The van der Waals surface area contributed by atoms with Crippen LogP contribution in [0.4, 0.5) is 0 Å². The monoisotopic (exact) mass is 174 g/mol. The van der Waals surface area contributed by atoms with E-state index in [0.717, 1.165) is 0 Å². The number of rotatable bonds is 1. The fourth-order valence-corrected chi connectivity index (χ4v) is 1.21. The largest absolute Gasteiger partial charge is 0.362 e. The molecule has 7 heteroatoms. The van der Waals surface area contributed by atoms with E-state index in [9.17, 15) is 13.2 Å². The molecule has 5 nitrogen and oxygen atoms in total. The number of β-lactam (4-membered cyclic amide) rings is 1. The molecule has 0 aromatic carbocycles. The van der Waals surface area contributed by atoms with Crippen molar-refractivity contribution in [1.82, 2.24) is 4.31 Å². The molecule has 0 atom stereocenters. The molecule has 1 rings (SSSR count). The van der Waals surface area contributed by atoms with Gasteiger partial charge >= 0.3 is 10.3 Å². The molecule has 1 radical (unpaired) electrons. The molecule has 1 amide bonds. The van der Waals surface area contributed by atoms with E-state index in [1.54, 1.807) is 0 Å². The second-order valence-corrected chi connectivity index (χ2v) is 3.03. The van der Waals surface area contributed by atoms with Crippen molar-refractivity contribution in [3.63, 3.8) is 0 Å². The third-order valence-corrected chi connectivity index (χ3v) is 2.03. The summed E-state index contributed by atoms with van der Waals surface area (Å²) in [5.74, 6) is -0.544. The van der Waals surface area contributed by atoms with Crippen LogP contribution in [-0.2, 0) is 15.1 Å². The van der Waals surface area contributed by atoms with Crippen LogP contribution in [-0.4, -0.2) is 59.3 Å². The number of amides is 1. The molecule has 1 heterocycles. The van der Waals surface area contributed by atoms with Gasteiger partial charge in [-0.3, -0.25) is 9.35 Å². The molecule has 1 N–H and O–H groups in total. The van der Waals surface area contributed by atoms with E-state index in [4.69, 9.17) is 4.55 Å². The van der Waals surface area contributed by atoms with Crippen LogP contribution in [0.2, 0.25) is 0 Å². The van der Waals surface area contributed by atoms with Crippen molar-refractivity contribution in [2.75, 3.05) is 6.54 Å². The summed E-state index contributed by atoms with van der Waals surface area (Å²) in [5, 5.41) is 0. The maximum absolute atomic E-state index is 10.3. The van der Waals surface area contributed by atoms with Gasteiger partial charge in [0.1, 0.15) is 0 Å². The predicted octanol–water partition coefficient (Wildman–Crippen LogP) is -1.36. The average Bonchev–Trinajstić information content (AvgIpc) is 1.57. The molecule has 10 heavy (non-hydrogen) atoms. The molecule has 0 aromatic heterocycles. The van der Waals surface area contributed by atoms with Gasteiger partial charge in [-0.05, 0) is 0 Å². The van der Waals surface area contributed by atoms with Crippen LogP contribution in [0.25, 0.3) is 0 Å². The molecule has 0 bridgehead atoms. The van der Waals surface area contributed by atoms with Crippen LogP contribution < -0.4 is 0 Å². The zero-order valence-corrected chi connectivity index (χ0v) is 8.26. The van der Waals surface area contributed by atoms with E-state index in [1.165, 1.54) is 0 Å². The number of nitrogens with zero attached hydrogens (tertiary/aromatic N) is 1. The van der Waals surface area contributed by atoms with Crippen molar-refractivity contribution in [1.29, 1.82) is 0 Å². The van der Waals surface area contributed by atoms with E-state index in [0.29, 0.717) is 4.31 Å². The summed E-state index contributed by atoms with van der Waals surface area (Å²) in [6.07, 6.45) is 0.208. The Morgan fingerprint density at radius 3 is 2.00 bits per heavy atom. The molecule has 1 fully saturated rings. The van der Waals surface area contributed by atoms with Crippen molar-refractivity contribution < 1.29 is 17.8 Å². The fourth-order valence-electron chi connectivity index (χ4n) is 0.538. The van der Waals surface area contributed by atoms with Gasteiger partial charge in [0.25, 0.3) is 0 Å². The van der Waals surface area contributed by atoms with Gasteiger partial charge in [0.05, 0.1) is 0 Å². The minimum absolute atomic E-state index is 0. The van der Waals surface area contributed by atoms with Gasteiger partial charge in [0.15, 0.2) is 0 Å². The van der Waals surface area contributed by atoms with Crippen LogP contribution in [0.5, 0.6) is 0 Å². The van der Waals surface area contributed by atoms with Crippen molar-refractivity contribution in [3.05, 3.63) is 0 Å². The van der Waals surface area contributed by atoms with Crippen molar-refractivity contribution in [2.24, 2.45) is 0 Å². The van der Waals surface area contributed by atoms with Gasteiger partial charge in [-0.1, -0.05) is 0 Å². The van der Waals surface area contributed by atoms with Gasteiger partial charge in [-0.2, -0.15) is 8.42 Å². The molecule has 0 aliphatic carbocycles. The molecule has 0 saturated carbocycles. The fraction of sp³-hybridized carbons (Fsp3) is 0.667. The molecular formula is C3H5NNaO4S. The Morgan fingerprint density at radius 2 is 2.00 bits per heavy atom. The number of carbonyl (C=O) groups excluding carboxylic acids is 1. The van der Waals surface area contributed by atoms with Crippen molar-refractivity contribution in [3.8, 4) is 0 Å². The summed E-state index contributed by atoms with van der Waals surface area (Å²) < 4.78 is 28.8. The number of hydrogen-bond donors (Lipinski definition) is 1. The predicted molar refractivity (Wildman–Crippen MR) is 33.6 cm³/mol. The summed E-state index contributed by atoms with van der Waals surface area (Å²) in [4.78, 5) is 10.3. The zero-order chi connectivity index (χ0) is 7.07. The number of carbonyl (C=O) groups is 1. The van der Waals surface area contributed by atoms with E-state index < -0.39 is 16.2 Å².